The Morgan fingerprint density at radius 2 is 1.64 bits per heavy atom. The first-order valence-electron chi connectivity index (χ1n) is 12.4. The third-order valence-corrected chi connectivity index (χ3v) is 6.55. The van der Waals surface area contributed by atoms with Gasteiger partial charge >= 0.3 is 12.1 Å². The van der Waals surface area contributed by atoms with E-state index in [4.69, 9.17) is 9.47 Å². The SMILES string of the molecule is COC(=O)[C@H](O)C(Cc1ccccc1)N1CCC[C@H]1C(=O)NC(=O)[C@@H]1CCCN1C(=O)OC(C)(C)C. The zero-order valence-electron chi connectivity index (χ0n) is 21.4. The fraction of sp³-hybridized carbons (Fsp3) is 0.615. The maximum Gasteiger partial charge on any atom is 0.410 e. The standard InChI is InChI=1S/C26H37N3O7/c1-26(2,3)36-25(34)29-15-9-13-19(29)23(32)27-22(31)18-12-8-14-28(18)20(21(30)24(33)35-4)16-17-10-6-5-7-11-17/h5-7,10-11,18-21,30H,8-9,12-16H2,1-4H3,(H,27,31,32)/t18-,19-,20?,21+/m0/s1. The lowest BCUT2D eigenvalue weighted by molar-refractivity contribution is -0.155. The molecule has 0 bridgehead atoms. The molecule has 0 aromatic heterocycles. The number of aliphatic hydroxyl groups is 1. The predicted octanol–water partition coefficient (Wildman–Crippen LogP) is 1.64. The van der Waals surface area contributed by atoms with Crippen molar-refractivity contribution in [1.82, 2.24) is 15.1 Å². The van der Waals surface area contributed by atoms with Crippen LogP contribution in [0.1, 0.15) is 52.0 Å². The number of hydrogen-bond donors (Lipinski definition) is 2. The van der Waals surface area contributed by atoms with Crippen LogP contribution in [0.15, 0.2) is 30.3 Å². The van der Waals surface area contributed by atoms with Crippen molar-refractivity contribution < 1.29 is 33.8 Å². The van der Waals surface area contributed by atoms with Gasteiger partial charge in [-0.3, -0.25) is 24.7 Å². The second-order valence-electron chi connectivity index (χ2n) is 10.3. The second-order valence-corrected chi connectivity index (χ2v) is 10.3. The fourth-order valence-corrected chi connectivity index (χ4v) is 4.88. The van der Waals surface area contributed by atoms with Crippen molar-refractivity contribution in [3.63, 3.8) is 0 Å². The third kappa shape index (κ3) is 6.82. The lowest BCUT2D eigenvalue weighted by Gasteiger charge is -2.34. The summed E-state index contributed by atoms with van der Waals surface area (Å²) in [6.07, 6.45) is 0.480. The first kappa shape index (κ1) is 27.6. The van der Waals surface area contributed by atoms with E-state index in [-0.39, 0.29) is 0 Å². The highest BCUT2D eigenvalue weighted by Gasteiger charge is 2.43. The molecule has 3 amide bonds. The maximum absolute atomic E-state index is 13.2. The predicted molar refractivity (Wildman–Crippen MR) is 131 cm³/mol. The summed E-state index contributed by atoms with van der Waals surface area (Å²) in [4.78, 5) is 54.2. The molecule has 3 rings (SSSR count). The Hall–Kier alpha value is -2.98. The van der Waals surface area contributed by atoms with Gasteiger partial charge < -0.3 is 14.6 Å². The number of ether oxygens (including phenoxy) is 2. The summed E-state index contributed by atoms with van der Waals surface area (Å²) >= 11 is 0. The molecule has 2 aliphatic rings. The minimum Gasteiger partial charge on any atom is -0.467 e. The maximum atomic E-state index is 13.2. The zero-order valence-corrected chi connectivity index (χ0v) is 21.4. The summed E-state index contributed by atoms with van der Waals surface area (Å²) in [6.45, 7) is 6.11. The zero-order chi connectivity index (χ0) is 26.5. The average molecular weight is 504 g/mol. The van der Waals surface area contributed by atoms with Gasteiger partial charge in [0.2, 0.25) is 11.8 Å². The smallest absolute Gasteiger partial charge is 0.410 e. The van der Waals surface area contributed by atoms with E-state index in [9.17, 15) is 24.3 Å². The molecule has 2 saturated heterocycles. The minimum absolute atomic E-state index is 0.323. The second kappa shape index (κ2) is 11.8. The van der Waals surface area contributed by atoms with Crippen LogP contribution in [-0.4, -0.2) is 88.8 Å². The van der Waals surface area contributed by atoms with Gasteiger partial charge in [0.05, 0.1) is 19.2 Å². The van der Waals surface area contributed by atoms with Crippen LogP contribution in [0.2, 0.25) is 0 Å². The molecular weight excluding hydrogens is 466 g/mol. The van der Waals surface area contributed by atoms with E-state index in [0.717, 1.165) is 5.56 Å². The van der Waals surface area contributed by atoms with Crippen LogP contribution in [0.5, 0.6) is 0 Å². The first-order chi connectivity index (χ1) is 17.0. The van der Waals surface area contributed by atoms with Crippen LogP contribution in [0.3, 0.4) is 0 Å². The van der Waals surface area contributed by atoms with E-state index in [2.05, 4.69) is 5.32 Å². The molecule has 1 aromatic carbocycles. The van der Waals surface area contributed by atoms with E-state index in [1.807, 2.05) is 30.3 Å². The minimum atomic E-state index is -1.46. The molecule has 10 nitrogen and oxygen atoms in total. The van der Waals surface area contributed by atoms with Gasteiger partial charge in [-0.2, -0.15) is 0 Å². The largest absolute Gasteiger partial charge is 0.467 e. The van der Waals surface area contributed by atoms with Crippen molar-refractivity contribution in [1.29, 1.82) is 0 Å². The third-order valence-electron chi connectivity index (χ3n) is 6.55. The number of imide groups is 1. The van der Waals surface area contributed by atoms with Crippen LogP contribution in [0, 0.1) is 0 Å². The van der Waals surface area contributed by atoms with Gasteiger partial charge in [0.1, 0.15) is 11.6 Å². The van der Waals surface area contributed by atoms with Crippen LogP contribution >= 0.6 is 0 Å². The summed E-state index contributed by atoms with van der Waals surface area (Å²) in [5.41, 5.74) is 0.196. The lowest BCUT2D eigenvalue weighted by Crippen LogP contribution is -2.57. The number of nitrogens with zero attached hydrogens (tertiary/aromatic N) is 2. The van der Waals surface area contributed by atoms with E-state index in [1.165, 1.54) is 12.0 Å². The number of carbonyl (C=O) groups is 4. The molecule has 0 saturated carbocycles. The molecule has 0 radical (unpaired) electrons. The van der Waals surface area contributed by atoms with Gasteiger partial charge in [0, 0.05) is 6.54 Å². The lowest BCUT2D eigenvalue weighted by atomic mass is 9.98. The number of aliphatic hydroxyl groups excluding tert-OH is 1. The average Bonchev–Trinajstić information content (AvgIpc) is 3.51. The van der Waals surface area contributed by atoms with E-state index >= 15 is 0 Å². The van der Waals surface area contributed by atoms with Crippen molar-refractivity contribution in [3.8, 4) is 0 Å². The van der Waals surface area contributed by atoms with Crippen molar-refractivity contribution in [2.24, 2.45) is 0 Å². The van der Waals surface area contributed by atoms with Crippen LogP contribution in [0.4, 0.5) is 4.79 Å². The highest BCUT2D eigenvalue weighted by atomic mass is 16.6. The van der Waals surface area contributed by atoms with Gasteiger partial charge in [-0.1, -0.05) is 30.3 Å². The molecule has 36 heavy (non-hydrogen) atoms. The number of hydrogen-bond acceptors (Lipinski definition) is 8. The first-order valence-corrected chi connectivity index (χ1v) is 12.4. The Kier molecular flexibility index (Phi) is 9.08. The van der Waals surface area contributed by atoms with Gasteiger partial charge in [0.25, 0.3) is 0 Å². The van der Waals surface area contributed by atoms with Gasteiger partial charge in [-0.25, -0.2) is 9.59 Å². The van der Waals surface area contributed by atoms with Crippen molar-refractivity contribution in [3.05, 3.63) is 35.9 Å². The molecular formula is C26H37N3O7. The van der Waals surface area contributed by atoms with Crippen LogP contribution in [0.25, 0.3) is 0 Å². The Morgan fingerprint density at radius 3 is 2.28 bits per heavy atom. The van der Waals surface area contributed by atoms with Gasteiger partial charge in [0.15, 0.2) is 6.10 Å². The summed E-state index contributed by atoms with van der Waals surface area (Å²) < 4.78 is 10.2. The number of likely N-dealkylation sites (tertiary alicyclic amines) is 2. The number of rotatable bonds is 7. The molecule has 2 heterocycles. The number of amides is 3. The quantitative estimate of drug-likeness (QED) is 0.425. The van der Waals surface area contributed by atoms with E-state index < -0.39 is 53.7 Å². The summed E-state index contributed by atoms with van der Waals surface area (Å²) in [7, 11) is 1.20. The Bertz CT molecular complexity index is 947. The summed E-state index contributed by atoms with van der Waals surface area (Å²) in [5, 5.41) is 13.2. The van der Waals surface area contributed by atoms with Crippen LogP contribution in [-0.2, 0) is 30.3 Å². The van der Waals surface area contributed by atoms with Crippen molar-refractivity contribution in [2.75, 3.05) is 20.2 Å². The molecule has 1 aromatic rings. The van der Waals surface area contributed by atoms with Gasteiger partial charge in [-0.15, -0.1) is 0 Å². The highest BCUT2D eigenvalue weighted by molar-refractivity contribution is 6.01. The molecule has 4 atom stereocenters. The summed E-state index contributed by atoms with van der Waals surface area (Å²) in [5.74, 6) is -1.84. The van der Waals surface area contributed by atoms with Crippen molar-refractivity contribution >= 4 is 23.9 Å². The molecule has 1 unspecified atom stereocenters. The Balaban J connectivity index is 1.72. The molecule has 2 aliphatic heterocycles. The van der Waals surface area contributed by atoms with E-state index in [0.29, 0.717) is 45.2 Å². The number of methoxy groups -OCH3 is 1. The van der Waals surface area contributed by atoms with Crippen LogP contribution < -0.4 is 5.32 Å². The topological polar surface area (TPSA) is 125 Å². The molecule has 198 valence electrons. The monoisotopic (exact) mass is 503 g/mol. The molecule has 0 spiro atoms. The number of benzene rings is 1. The molecule has 0 aliphatic carbocycles. The Morgan fingerprint density at radius 1 is 1.03 bits per heavy atom. The highest BCUT2D eigenvalue weighted by Crippen LogP contribution is 2.26. The van der Waals surface area contributed by atoms with Crippen molar-refractivity contribution in [2.45, 2.75) is 82.7 Å². The Labute approximate surface area is 211 Å². The number of carbonyl (C=O) groups excluding carboxylic acids is 4. The normalized spacial score (nSPS) is 22.1. The molecule has 2 fully saturated rings. The number of esters is 1. The fourth-order valence-electron chi connectivity index (χ4n) is 4.88. The van der Waals surface area contributed by atoms with E-state index in [1.54, 1.807) is 25.7 Å². The summed E-state index contributed by atoms with van der Waals surface area (Å²) in [6, 6.07) is 7.16. The molecule has 10 heteroatoms. The van der Waals surface area contributed by atoms with Gasteiger partial charge in [-0.05, 0) is 65.0 Å². The molecule has 2 N–H and O–H groups in total. The number of nitrogens with one attached hydrogen (secondary N) is 1.